The number of benzene rings is 1. The average molecular weight is 373 g/mol. The summed E-state index contributed by atoms with van der Waals surface area (Å²) >= 11 is 0. The molecule has 1 heterocycles. The Morgan fingerprint density at radius 1 is 1.31 bits per heavy atom. The van der Waals surface area contributed by atoms with Gasteiger partial charge in [-0.1, -0.05) is 30.3 Å². The lowest BCUT2D eigenvalue weighted by molar-refractivity contribution is -0.192. The molecule has 1 aromatic carbocycles. The highest BCUT2D eigenvalue weighted by Gasteiger charge is 2.38. The van der Waals surface area contributed by atoms with E-state index in [0.29, 0.717) is 12.2 Å². The molecule has 0 aliphatic heterocycles. The third-order valence-corrected chi connectivity index (χ3v) is 3.04. The van der Waals surface area contributed by atoms with Crippen LogP contribution in [0.5, 0.6) is 0 Å². The van der Waals surface area contributed by atoms with Gasteiger partial charge >= 0.3 is 12.1 Å². The molecule has 0 saturated carbocycles. The number of nitrogens with one attached hydrogen (secondary N) is 2. The molecule has 2 aromatic rings. The summed E-state index contributed by atoms with van der Waals surface area (Å²) in [5, 5.41) is 16.6. The molecule has 1 aromatic heterocycles. The number of aliphatic carboxylic acids is 1. The average Bonchev–Trinajstić information content (AvgIpc) is 2.98. The Labute approximate surface area is 147 Å². The molecule has 0 aliphatic carbocycles. The smallest absolute Gasteiger partial charge is 0.475 e. The molecule has 0 spiro atoms. The number of methoxy groups -OCH3 is 1. The first-order chi connectivity index (χ1) is 12.1. The Bertz CT molecular complexity index is 717. The first kappa shape index (κ1) is 21.2. The monoisotopic (exact) mass is 373 g/mol. The summed E-state index contributed by atoms with van der Waals surface area (Å²) in [6.07, 6.45) is -5.08. The Kier molecular flexibility index (Phi) is 7.78. The van der Waals surface area contributed by atoms with Gasteiger partial charge < -0.3 is 15.2 Å². The number of amides is 1. The van der Waals surface area contributed by atoms with Crippen LogP contribution < -0.4 is 5.32 Å². The van der Waals surface area contributed by atoms with Gasteiger partial charge in [-0.3, -0.25) is 9.89 Å². The number of carboxylic acid groups (broad SMARTS) is 1. The number of alkyl halides is 3. The van der Waals surface area contributed by atoms with E-state index in [0.717, 1.165) is 11.3 Å². The van der Waals surface area contributed by atoms with E-state index in [2.05, 4.69) is 15.5 Å². The first-order valence-electron chi connectivity index (χ1n) is 7.33. The normalized spacial score (nSPS) is 11.9. The van der Waals surface area contributed by atoms with Crippen LogP contribution in [-0.2, 0) is 20.7 Å². The first-order valence-corrected chi connectivity index (χ1v) is 7.33. The lowest BCUT2D eigenvalue weighted by atomic mass is 10.1. The number of H-pyrrole nitrogens is 1. The van der Waals surface area contributed by atoms with Crippen molar-refractivity contribution in [2.45, 2.75) is 25.6 Å². The summed E-state index contributed by atoms with van der Waals surface area (Å²) in [5.74, 6) is -2.44. The van der Waals surface area contributed by atoms with Gasteiger partial charge in [0.1, 0.15) is 6.10 Å². The molecule has 2 rings (SSSR count). The molecule has 142 valence electrons. The molecule has 3 N–H and O–H groups in total. The van der Waals surface area contributed by atoms with Crippen molar-refractivity contribution >= 4 is 17.7 Å². The molecular formula is C16H18F3N3O4. The number of aromatic amines is 1. The molecule has 1 unspecified atom stereocenters. The van der Waals surface area contributed by atoms with Crippen molar-refractivity contribution in [3.8, 4) is 0 Å². The number of aryl methyl sites for hydroxylation is 1. The second-order valence-electron chi connectivity index (χ2n) is 5.14. The van der Waals surface area contributed by atoms with Crippen molar-refractivity contribution in [2.75, 3.05) is 12.4 Å². The van der Waals surface area contributed by atoms with Crippen LogP contribution >= 0.6 is 0 Å². The van der Waals surface area contributed by atoms with E-state index in [-0.39, 0.29) is 5.91 Å². The molecule has 0 radical (unpaired) electrons. The van der Waals surface area contributed by atoms with Crippen LogP contribution in [0.3, 0.4) is 0 Å². The number of rotatable bonds is 5. The van der Waals surface area contributed by atoms with Gasteiger partial charge in [0.15, 0.2) is 5.82 Å². The van der Waals surface area contributed by atoms with Crippen molar-refractivity contribution in [3.05, 3.63) is 47.7 Å². The van der Waals surface area contributed by atoms with E-state index in [1.807, 2.05) is 37.3 Å². The van der Waals surface area contributed by atoms with Gasteiger partial charge in [-0.15, -0.1) is 0 Å². The number of carbonyl (C=O) groups excluding carboxylic acids is 1. The van der Waals surface area contributed by atoms with Crippen LogP contribution in [0, 0.1) is 6.92 Å². The van der Waals surface area contributed by atoms with Crippen molar-refractivity contribution < 1.29 is 32.6 Å². The van der Waals surface area contributed by atoms with Gasteiger partial charge in [-0.2, -0.15) is 18.3 Å². The minimum atomic E-state index is -5.08. The number of carbonyl (C=O) groups is 2. The number of hydrogen-bond donors (Lipinski definition) is 3. The minimum absolute atomic E-state index is 0.196. The molecule has 0 bridgehead atoms. The summed E-state index contributed by atoms with van der Waals surface area (Å²) < 4.78 is 37.0. The molecular weight excluding hydrogens is 355 g/mol. The Morgan fingerprint density at radius 3 is 2.31 bits per heavy atom. The van der Waals surface area contributed by atoms with Crippen molar-refractivity contribution in [2.24, 2.45) is 0 Å². The van der Waals surface area contributed by atoms with Gasteiger partial charge in [-0.05, 0) is 12.5 Å². The van der Waals surface area contributed by atoms with Crippen molar-refractivity contribution in [1.82, 2.24) is 10.2 Å². The van der Waals surface area contributed by atoms with E-state index in [9.17, 15) is 18.0 Å². The molecule has 10 heteroatoms. The van der Waals surface area contributed by atoms with Gasteiger partial charge in [0.25, 0.3) is 5.91 Å². The summed E-state index contributed by atoms with van der Waals surface area (Å²) in [6, 6.07) is 11.5. The number of halogens is 3. The van der Waals surface area contributed by atoms with E-state index < -0.39 is 18.2 Å². The van der Waals surface area contributed by atoms with E-state index in [1.54, 1.807) is 6.07 Å². The van der Waals surface area contributed by atoms with Crippen molar-refractivity contribution in [3.63, 3.8) is 0 Å². The molecule has 1 atom stereocenters. The summed E-state index contributed by atoms with van der Waals surface area (Å²) in [7, 11) is 1.53. The molecule has 7 nitrogen and oxygen atoms in total. The van der Waals surface area contributed by atoms with Gasteiger partial charge in [0.2, 0.25) is 0 Å². The zero-order valence-corrected chi connectivity index (χ0v) is 14.0. The predicted molar refractivity (Wildman–Crippen MR) is 86.6 cm³/mol. The number of hydrogen-bond acceptors (Lipinski definition) is 4. The Balaban J connectivity index is 0.000000412. The van der Waals surface area contributed by atoms with Gasteiger partial charge in [-0.25, -0.2) is 4.79 Å². The summed E-state index contributed by atoms with van der Waals surface area (Å²) in [4.78, 5) is 21.0. The maximum absolute atomic E-state index is 12.1. The van der Waals surface area contributed by atoms with Crippen LogP contribution in [0.1, 0.15) is 11.3 Å². The van der Waals surface area contributed by atoms with Gasteiger partial charge in [0.05, 0.1) is 0 Å². The van der Waals surface area contributed by atoms with Crippen LogP contribution in [0.15, 0.2) is 36.4 Å². The van der Waals surface area contributed by atoms with Crippen LogP contribution in [-0.4, -0.2) is 46.6 Å². The number of carboxylic acids is 1. The fourth-order valence-electron chi connectivity index (χ4n) is 1.80. The highest BCUT2D eigenvalue weighted by molar-refractivity contribution is 5.93. The molecule has 1 amide bonds. The van der Waals surface area contributed by atoms with Crippen molar-refractivity contribution in [1.29, 1.82) is 0 Å². The lowest BCUT2D eigenvalue weighted by Gasteiger charge is -2.14. The highest BCUT2D eigenvalue weighted by atomic mass is 19.4. The fourth-order valence-corrected chi connectivity index (χ4v) is 1.80. The van der Waals surface area contributed by atoms with E-state index >= 15 is 0 Å². The van der Waals surface area contributed by atoms with Gasteiger partial charge in [0, 0.05) is 25.3 Å². The standard InChI is InChI=1S/C14H17N3O2.C2HF3O2/c1-10-8-13(17-16-10)15-14(18)12(19-2)9-11-6-4-3-5-7-11;3-2(4,5)1(6)7/h3-8,12H,9H2,1-2H3,(H2,15,16,17,18);(H,6,7). The molecule has 0 fully saturated rings. The minimum Gasteiger partial charge on any atom is -0.475 e. The maximum Gasteiger partial charge on any atom is 0.490 e. The summed E-state index contributed by atoms with van der Waals surface area (Å²) in [5.41, 5.74) is 1.95. The Hall–Kier alpha value is -2.88. The number of aromatic nitrogens is 2. The maximum atomic E-state index is 12.1. The van der Waals surface area contributed by atoms with E-state index in [1.165, 1.54) is 7.11 Å². The molecule has 0 saturated heterocycles. The topological polar surface area (TPSA) is 104 Å². The lowest BCUT2D eigenvalue weighted by Crippen LogP contribution is -2.31. The number of anilines is 1. The third kappa shape index (κ3) is 7.34. The van der Waals surface area contributed by atoms with Crippen LogP contribution in [0.25, 0.3) is 0 Å². The van der Waals surface area contributed by atoms with Crippen LogP contribution in [0.4, 0.5) is 19.0 Å². The largest absolute Gasteiger partial charge is 0.490 e. The second-order valence-corrected chi connectivity index (χ2v) is 5.14. The van der Waals surface area contributed by atoms with E-state index in [4.69, 9.17) is 14.6 Å². The summed E-state index contributed by atoms with van der Waals surface area (Å²) in [6.45, 7) is 1.88. The SMILES string of the molecule is COC(Cc1ccccc1)C(=O)Nc1cc(C)[nH]n1.O=C(O)C(F)(F)F. The molecule has 0 aliphatic rings. The third-order valence-electron chi connectivity index (χ3n) is 3.04. The number of nitrogens with zero attached hydrogens (tertiary/aromatic N) is 1. The molecule has 26 heavy (non-hydrogen) atoms. The second kappa shape index (κ2) is 9.56. The predicted octanol–water partition coefficient (Wildman–Crippen LogP) is 2.55. The zero-order valence-electron chi connectivity index (χ0n) is 14.0. The highest BCUT2D eigenvalue weighted by Crippen LogP contribution is 2.13. The fraction of sp³-hybridized carbons (Fsp3) is 0.312. The Morgan fingerprint density at radius 2 is 1.88 bits per heavy atom. The quantitative estimate of drug-likeness (QED) is 0.747. The zero-order chi connectivity index (χ0) is 19.7. The number of ether oxygens (including phenoxy) is 1. The van der Waals surface area contributed by atoms with Crippen LogP contribution in [0.2, 0.25) is 0 Å².